The van der Waals surface area contributed by atoms with Gasteiger partial charge in [-0.2, -0.15) is 0 Å². The Morgan fingerprint density at radius 2 is 1.48 bits per heavy atom. The average Bonchev–Trinajstić information content (AvgIpc) is 2.43. The van der Waals surface area contributed by atoms with E-state index >= 15 is 0 Å². The minimum atomic E-state index is -0.0464. The van der Waals surface area contributed by atoms with Gasteiger partial charge in [0.05, 0.1) is 6.54 Å². The third kappa shape index (κ3) is 5.13. The van der Waals surface area contributed by atoms with Crippen LogP contribution in [0.15, 0.2) is 42.5 Å². The van der Waals surface area contributed by atoms with Crippen LogP contribution in [0.5, 0.6) is 0 Å². The Bertz CT molecular complexity index is 662. The molecule has 0 unspecified atom stereocenters. The molecule has 0 fully saturated rings. The Balaban J connectivity index is 1.91. The van der Waals surface area contributed by atoms with E-state index in [9.17, 15) is 4.79 Å². The maximum absolute atomic E-state index is 12.1. The van der Waals surface area contributed by atoms with E-state index in [1.807, 2.05) is 38.1 Å². The van der Waals surface area contributed by atoms with Gasteiger partial charge in [-0.05, 0) is 60.2 Å². The van der Waals surface area contributed by atoms with Crippen LogP contribution >= 0.6 is 0 Å². The van der Waals surface area contributed by atoms with Gasteiger partial charge in [0.15, 0.2) is 0 Å². The lowest BCUT2D eigenvalue weighted by Crippen LogP contribution is -2.22. The van der Waals surface area contributed by atoms with Gasteiger partial charge in [-0.25, -0.2) is 0 Å². The minimum Gasteiger partial charge on any atom is -0.376 e. The van der Waals surface area contributed by atoms with Crippen molar-refractivity contribution in [3.63, 3.8) is 0 Å². The molecule has 2 rings (SSSR count). The fraction of sp³-hybridized carbons (Fsp3) is 0.350. The maximum atomic E-state index is 12.1. The number of carbonyl (C=O) groups excluding carboxylic acids is 1. The highest BCUT2D eigenvalue weighted by Crippen LogP contribution is 2.23. The summed E-state index contributed by atoms with van der Waals surface area (Å²) in [5, 5.41) is 6.09. The van der Waals surface area contributed by atoms with Gasteiger partial charge in [0.25, 0.3) is 0 Å². The van der Waals surface area contributed by atoms with Gasteiger partial charge in [0.1, 0.15) is 0 Å². The van der Waals surface area contributed by atoms with E-state index in [2.05, 4.69) is 49.6 Å². The van der Waals surface area contributed by atoms with E-state index in [0.717, 1.165) is 22.5 Å². The molecular weight excluding hydrogens is 284 g/mol. The molecule has 3 heteroatoms. The highest BCUT2D eigenvalue weighted by Gasteiger charge is 2.12. The lowest BCUT2D eigenvalue weighted by atomic mass is 9.87. The molecule has 0 aliphatic heterocycles. The number of rotatable bonds is 4. The first-order chi connectivity index (χ1) is 10.7. The molecule has 2 aromatic rings. The van der Waals surface area contributed by atoms with Crippen molar-refractivity contribution in [2.75, 3.05) is 17.2 Å². The quantitative estimate of drug-likeness (QED) is 0.863. The second-order valence-electron chi connectivity index (χ2n) is 7.11. The molecular formula is C20H26N2O. The highest BCUT2D eigenvalue weighted by molar-refractivity contribution is 5.93. The number of benzene rings is 2. The van der Waals surface area contributed by atoms with Gasteiger partial charge >= 0.3 is 0 Å². The van der Waals surface area contributed by atoms with Gasteiger partial charge in [-0.3, -0.25) is 4.79 Å². The first kappa shape index (κ1) is 17.1. The summed E-state index contributed by atoms with van der Waals surface area (Å²) in [7, 11) is 0. The monoisotopic (exact) mass is 310 g/mol. The van der Waals surface area contributed by atoms with Crippen LogP contribution in [-0.2, 0) is 10.2 Å². The van der Waals surface area contributed by atoms with Crippen LogP contribution in [0.2, 0.25) is 0 Å². The summed E-state index contributed by atoms with van der Waals surface area (Å²) in [6, 6.07) is 14.3. The van der Waals surface area contributed by atoms with Crippen molar-refractivity contribution in [2.24, 2.45) is 0 Å². The van der Waals surface area contributed by atoms with E-state index < -0.39 is 0 Å². The Kier molecular flexibility index (Phi) is 5.09. The Morgan fingerprint density at radius 3 is 2.00 bits per heavy atom. The Morgan fingerprint density at radius 1 is 0.913 bits per heavy atom. The number of amides is 1. The standard InChI is InChI=1S/C20H26N2O/c1-14-10-15(2)12-18(11-14)22-19(23)13-21-17-8-6-16(7-9-17)20(3,4)5/h6-12,21H,13H2,1-5H3,(H,22,23). The van der Waals surface area contributed by atoms with Crippen molar-refractivity contribution in [2.45, 2.75) is 40.0 Å². The summed E-state index contributed by atoms with van der Waals surface area (Å²) in [5.41, 5.74) is 5.50. The predicted molar refractivity (Wildman–Crippen MR) is 98.2 cm³/mol. The van der Waals surface area contributed by atoms with E-state index in [0.29, 0.717) is 0 Å². The van der Waals surface area contributed by atoms with Crippen molar-refractivity contribution in [3.8, 4) is 0 Å². The fourth-order valence-electron chi connectivity index (χ4n) is 2.52. The normalized spacial score (nSPS) is 11.2. The summed E-state index contributed by atoms with van der Waals surface area (Å²) in [6.45, 7) is 10.9. The van der Waals surface area contributed by atoms with Crippen molar-refractivity contribution in [1.29, 1.82) is 0 Å². The number of nitrogens with one attached hydrogen (secondary N) is 2. The molecule has 3 nitrogen and oxygen atoms in total. The summed E-state index contributed by atoms with van der Waals surface area (Å²) >= 11 is 0. The molecule has 23 heavy (non-hydrogen) atoms. The molecule has 0 spiro atoms. The molecule has 0 aromatic heterocycles. The molecule has 0 bridgehead atoms. The van der Waals surface area contributed by atoms with Gasteiger partial charge in [0, 0.05) is 11.4 Å². The van der Waals surface area contributed by atoms with E-state index in [1.54, 1.807) is 0 Å². The topological polar surface area (TPSA) is 41.1 Å². The van der Waals surface area contributed by atoms with Crippen molar-refractivity contribution in [3.05, 3.63) is 59.2 Å². The molecule has 0 atom stereocenters. The van der Waals surface area contributed by atoms with Gasteiger partial charge in [-0.1, -0.05) is 39.0 Å². The largest absolute Gasteiger partial charge is 0.376 e. The van der Waals surface area contributed by atoms with E-state index in [1.165, 1.54) is 5.56 Å². The van der Waals surface area contributed by atoms with Crippen molar-refractivity contribution < 1.29 is 4.79 Å². The van der Waals surface area contributed by atoms with Gasteiger partial charge < -0.3 is 10.6 Å². The Labute approximate surface area is 139 Å². The second-order valence-corrected chi connectivity index (χ2v) is 7.11. The molecule has 122 valence electrons. The summed E-state index contributed by atoms with van der Waals surface area (Å²) in [6.07, 6.45) is 0. The summed E-state index contributed by atoms with van der Waals surface area (Å²) in [5.74, 6) is -0.0464. The maximum Gasteiger partial charge on any atom is 0.243 e. The molecule has 0 heterocycles. The van der Waals surface area contributed by atoms with E-state index in [4.69, 9.17) is 0 Å². The summed E-state index contributed by atoms with van der Waals surface area (Å²) in [4.78, 5) is 12.1. The zero-order valence-corrected chi connectivity index (χ0v) is 14.7. The third-order valence-electron chi connectivity index (χ3n) is 3.71. The first-order valence-corrected chi connectivity index (χ1v) is 7.96. The predicted octanol–water partition coefficient (Wildman–Crippen LogP) is 4.65. The average molecular weight is 310 g/mol. The number of hydrogen-bond donors (Lipinski definition) is 2. The summed E-state index contributed by atoms with van der Waals surface area (Å²) < 4.78 is 0. The van der Waals surface area contributed by atoms with Crippen LogP contribution in [-0.4, -0.2) is 12.5 Å². The number of hydrogen-bond acceptors (Lipinski definition) is 2. The number of aryl methyl sites for hydroxylation is 2. The van der Waals surface area contributed by atoms with Crippen molar-refractivity contribution >= 4 is 17.3 Å². The molecule has 0 saturated carbocycles. The number of carbonyl (C=O) groups is 1. The lowest BCUT2D eigenvalue weighted by molar-refractivity contribution is -0.114. The lowest BCUT2D eigenvalue weighted by Gasteiger charge is -2.19. The minimum absolute atomic E-state index is 0.0464. The Hall–Kier alpha value is -2.29. The smallest absolute Gasteiger partial charge is 0.243 e. The van der Waals surface area contributed by atoms with E-state index in [-0.39, 0.29) is 17.9 Å². The zero-order chi connectivity index (χ0) is 17.0. The van der Waals surface area contributed by atoms with Crippen LogP contribution in [0.3, 0.4) is 0 Å². The van der Waals surface area contributed by atoms with Crippen LogP contribution in [0.1, 0.15) is 37.5 Å². The molecule has 0 aliphatic rings. The van der Waals surface area contributed by atoms with Crippen molar-refractivity contribution in [1.82, 2.24) is 0 Å². The molecule has 0 radical (unpaired) electrons. The fourth-order valence-corrected chi connectivity index (χ4v) is 2.52. The van der Waals surface area contributed by atoms with Gasteiger partial charge in [0.2, 0.25) is 5.91 Å². The van der Waals surface area contributed by atoms with Crippen LogP contribution < -0.4 is 10.6 Å². The third-order valence-corrected chi connectivity index (χ3v) is 3.71. The molecule has 0 aliphatic carbocycles. The van der Waals surface area contributed by atoms with Crippen LogP contribution in [0.25, 0.3) is 0 Å². The second kappa shape index (κ2) is 6.86. The zero-order valence-electron chi connectivity index (χ0n) is 14.7. The van der Waals surface area contributed by atoms with Crippen LogP contribution in [0, 0.1) is 13.8 Å². The molecule has 0 saturated heterocycles. The number of anilines is 2. The SMILES string of the molecule is Cc1cc(C)cc(NC(=O)CNc2ccc(C(C)(C)C)cc2)c1. The highest BCUT2D eigenvalue weighted by atomic mass is 16.1. The molecule has 2 N–H and O–H groups in total. The molecule has 2 aromatic carbocycles. The molecule has 1 amide bonds. The van der Waals surface area contributed by atoms with Crippen LogP contribution in [0.4, 0.5) is 11.4 Å². The first-order valence-electron chi connectivity index (χ1n) is 7.96. The van der Waals surface area contributed by atoms with Gasteiger partial charge in [-0.15, -0.1) is 0 Å².